The van der Waals surface area contributed by atoms with Crippen LogP contribution in [0, 0.1) is 6.92 Å². The zero-order valence-electron chi connectivity index (χ0n) is 17.1. The maximum atomic E-state index is 13.4. The van der Waals surface area contributed by atoms with Gasteiger partial charge in [-0.05, 0) is 36.6 Å². The van der Waals surface area contributed by atoms with Gasteiger partial charge in [0.15, 0.2) is 0 Å². The number of benzene rings is 1. The first-order valence-corrected chi connectivity index (χ1v) is 11.2. The summed E-state index contributed by atoms with van der Waals surface area (Å²) in [5, 5.41) is 4.26. The highest BCUT2D eigenvalue weighted by atomic mass is 35.5. The number of imidazole rings is 1. The van der Waals surface area contributed by atoms with Gasteiger partial charge in [-0.1, -0.05) is 23.7 Å². The number of halogens is 1. The molecule has 4 heterocycles. The zero-order valence-corrected chi connectivity index (χ0v) is 18.6. The summed E-state index contributed by atoms with van der Waals surface area (Å²) in [4.78, 5) is 36.5. The van der Waals surface area contributed by atoms with Crippen LogP contribution in [0.3, 0.4) is 0 Å². The summed E-state index contributed by atoms with van der Waals surface area (Å²) < 4.78 is 3.60. The fourth-order valence-corrected chi connectivity index (χ4v) is 5.32. The number of rotatable bonds is 4. The van der Waals surface area contributed by atoms with E-state index in [0.717, 1.165) is 24.2 Å². The molecule has 0 saturated heterocycles. The molecule has 1 N–H and O–H groups in total. The van der Waals surface area contributed by atoms with Crippen molar-refractivity contribution in [2.24, 2.45) is 7.05 Å². The zero-order chi connectivity index (χ0) is 21.7. The van der Waals surface area contributed by atoms with E-state index in [9.17, 15) is 9.59 Å². The van der Waals surface area contributed by atoms with Gasteiger partial charge in [0.05, 0.1) is 10.3 Å². The summed E-state index contributed by atoms with van der Waals surface area (Å²) in [5.74, 6) is 1.25. The van der Waals surface area contributed by atoms with Crippen LogP contribution in [0.5, 0.6) is 0 Å². The first-order valence-electron chi connectivity index (χ1n) is 10.0. The second-order valence-electron chi connectivity index (χ2n) is 7.68. The van der Waals surface area contributed by atoms with Crippen LogP contribution >= 0.6 is 22.9 Å². The first-order chi connectivity index (χ1) is 14.9. The monoisotopic (exact) mass is 453 g/mol. The molecule has 0 bridgehead atoms. The first kappa shape index (κ1) is 20.0. The normalized spacial score (nSPS) is 14.0. The molecule has 0 fully saturated rings. The second kappa shape index (κ2) is 7.62. The third kappa shape index (κ3) is 3.36. The van der Waals surface area contributed by atoms with Crippen LogP contribution in [-0.2, 0) is 20.0 Å². The lowest BCUT2D eigenvalue weighted by Gasteiger charge is -2.19. The van der Waals surface area contributed by atoms with Gasteiger partial charge >= 0.3 is 0 Å². The van der Waals surface area contributed by atoms with Crippen molar-refractivity contribution in [3.63, 3.8) is 0 Å². The van der Waals surface area contributed by atoms with Gasteiger partial charge in [0.2, 0.25) is 0 Å². The number of aryl methyl sites for hydroxylation is 3. The lowest BCUT2D eigenvalue weighted by atomic mass is 10.1. The Labute approximate surface area is 187 Å². The summed E-state index contributed by atoms with van der Waals surface area (Å²) >= 11 is 7.32. The van der Waals surface area contributed by atoms with Crippen LogP contribution in [0.15, 0.2) is 41.5 Å². The SMILES string of the molecule is Cc1c(C(=O)N[C@@H](c2ccc(Cl)cc2)c2nccn2C)sc2nc3n(c(=O)c12)CCC3. The fourth-order valence-electron chi connectivity index (χ4n) is 4.10. The number of nitrogens with zero attached hydrogens (tertiary/aromatic N) is 4. The molecule has 0 saturated carbocycles. The molecule has 1 aromatic carbocycles. The molecule has 0 spiro atoms. The van der Waals surface area contributed by atoms with Gasteiger partial charge in [-0.15, -0.1) is 11.3 Å². The van der Waals surface area contributed by atoms with Crippen molar-refractivity contribution < 1.29 is 4.79 Å². The predicted octanol–water partition coefficient (Wildman–Crippen LogP) is 3.62. The molecule has 7 nitrogen and oxygen atoms in total. The maximum Gasteiger partial charge on any atom is 0.262 e. The Morgan fingerprint density at radius 3 is 2.77 bits per heavy atom. The molecule has 1 aliphatic heterocycles. The second-order valence-corrected chi connectivity index (χ2v) is 9.11. The Morgan fingerprint density at radius 1 is 1.29 bits per heavy atom. The van der Waals surface area contributed by atoms with E-state index in [1.165, 1.54) is 11.3 Å². The van der Waals surface area contributed by atoms with E-state index in [0.29, 0.717) is 38.0 Å². The number of carbonyl (C=O) groups excluding carboxylic acids is 1. The van der Waals surface area contributed by atoms with Crippen molar-refractivity contribution in [2.75, 3.05) is 0 Å². The minimum atomic E-state index is -0.464. The lowest BCUT2D eigenvalue weighted by Crippen LogP contribution is -2.31. The fraction of sp³-hybridized carbons (Fsp3) is 0.273. The molecule has 9 heteroatoms. The van der Waals surface area contributed by atoms with Crippen LogP contribution in [0.4, 0.5) is 0 Å². The number of carbonyl (C=O) groups is 1. The molecule has 158 valence electrons. The molecular formula is C22H20ClN5O2S. The Hall–Kier alpha value is -2.97. The molecular weight excluding hydrogens is 434 g/mol. The summed E-state index contributed by atoms with van der Waals surface area (Å²) in [6.07, 6.45) is 5.25. The molecule has 5 rings (SSSR count). The maximum absolute atomic E-state index is 13.4. The van der Waals surface area contributed by atoms with Gasteiger partial charge in [-0.2, -0.15) is 0 Å². The van der Waals surface area contributed by atoms with E-state index in [1.807, 2.05) is 36.9 Å². The average molecular weight is 454 g/mol. The minimum Gasteiger partial charge on any atom is -0.337 e. The van der Waals surface area contributed by atoms with Crippen LogP contribution < -0.4 is 10.9 Å². The Balaban J connectivity index is 1.56. The van der Waals surface area contributed by atoms with E-state index >= 15 is 0 Å². The number of fused-ring (bicyclic) bond motifs is 2. The van der Waals surface area contributed by atoms with Gasteiger partial charge in [0, 0.05) is 37.4 Å². The molecule has 1 atom stereocenters. The topological polar surface area (TPSA) is 81.8 Å². The molecule has 4 aromatic rings. The van der Waals surface area contributed by atoms with Gasteiger partial charge in [0.25, 0.3) is 11.5 Å². The number of hydrogen-bond donors (Lipinski definition) is 1. The standard InChI is InChI=1S/C22H20ClN5O2S/c1-12-16-21(25-15-4-3-10-28(15)22(16)30)31-18(12)20(29)26-17(19-24-9-11-27(19)2)13-5-7-14(23)8-6-13/h5-9,11,17H,3-4,10H2,1-2H3,(H,26,29)/t17-/m0/s1. The lowest BCUT2D eigenvalue weighted by molar-refractivity contribution is 0.0945. The van der Waals surface area contributed by atoms with Crippen LogP contribution in [0.2, 0.25) is 5.02 Å². The van der Waals surface area contributed by atoms with Crippen LogP contribution in [0.1, 0.15) is 44.9 Å². The van der Waals surface area contributed by atoms with E-state index in [4.69, 9.17) is 11.6 Å². The summed E-state index contributed by atoms with van der Waals surface area (Å²) in [7, 11) is 1.88. The quantitative estimate of drug-likeness (QED) is 0.511. The van der Waals surface area contributed by atoms with Crippen molar-refractivity contribution >= 4 is 39.1 Å². The van der Waals surface area contributed by atoms with E-state index in [-0.39, 0.29) is 11.5 Å². The summed E-state index contributed by atoms with van der Waals surface area (Å²) in [5.41, 5.74) is 1.48. The van der Waals surface area contributed by atoms with Crippen molar-refractivity contribution in [2.45, 2.75) is 32.4 Å². The van der Waals surface area contributed by atoms with E-state index < -0.39 is 6.04 Å². The van der Waals surface area contributed by atoms with Crippen molar-refractivity contribution in [3.05, 3.63) is 79.7 Å². The highest BCUT2D eigenvalue weighted by Crippen LogP contribution is 2.30. The Kier molecular flexibility index (Phi) is 4.91. The number of aromatic nitrogens is 4. The molecule has 0 aliphatic carbocycles. The Bertz CT molecular complexity index is 1370. The number of thiophene rings is 1. The molecule has 0 radical (unpaired) electrons. The number of amides is 1. The van der Waals surface area contributed by atoms with Gasteiger partial charge in [-0.3, -0.25) is 14.2 Å². The van der Waals surface area contributed by atoms with Crippen molar-refractivity contribution in [1.29, 1.82) is 0 Å². The van der Waals surface area contributed by atoms with Gasteiger partial charge in [0.1, 0.15) is 22.5 Å². The minimum absolute atomic E-state index is 0.0522. The van der Waals surface area contributed by atoms with Crippen LogP contribution in [-0.4, -0.2) is 25.0 Å². The largest absolute Gasteiger partial charge is 0.337 e. The van der Waals surface area contributed by atoms with Crippen molar-refractivity contribution in [1.82, 2.24) is 24.4 Å². The van der Waals surface area contributed by atoms with Gasteiger partial charge in [-0.25, -0.2) is 9.97 Å². The van der Waals surface area contributed by atoms with Gasteiger partial charge < -0.3 is 9.88 Å². The molecule has 3 aromatic heterocycles. The molecule has 1 amide bonds. The van der Waals surface area contributed by atoms with Crippen molar-refractivity contribution in [3.8, 4) is 0 Å². The molecule has 31 heavy (non-hydrogen) atoms. The number of hydrogen-bond acceptors (Lipinski definition) is 5. The third-order valence-electron chi connectivity index (χ3n) is 5.71. The predicted molar refractivity (Wildman–Crippen MR) is 121 cm³/mol. The smallest absolute Gasteiger partial charge is 0.262 e. The van der Waals surface area contributed by atoms with E-state index in [1.54, 1.807) is 22.9 Å². The van der Waals surface area contributed by atoms with E-state index in [2.05, 4.69) is 15.3 Å². The highest BCUT2D eigenvalue weighted by Gasteiger charge is 2.26. The van der Waals surface area contributed by atoms with Crippen LogP contribution in [0.25, 0.3) is 10.2 Å². The highest BCUT2D eigenvalue weighted by molar-refractivity contribution is 7.20. The summed E-state index contributed by atoms with van der Waals surface area (Å²) in [6.45, 7) is 2.50. The summed E-state index contributed by atoms with van der Waals surface area (Å²) in [6, 6.07) is 6.86. The molecule has 1 aliphatic rings. The Morgan fingerprint density at radius 2 is 2.06 bits per heavy atom. The third-order valence-corrected chi connectivity index (χ3v) is 7.15. The molecule has 0 unspecified atom stereocenters. The number of nitrogens with one attached hydrogen (secondary N) is 1. The average Bonchev–Trinajstić information content (AvgIpc) is 3.46.